The van der Waals surface area contributed by atoms with E-state index in [1.807, 2.05) is 6.07 Å². The average molecular weight is 577 g/mol. The minimum atomic E-state index is -0.625. The number of carbonyl (C=O) groups excluding carboxylic acids is 2. The number of ether oxygens (including phenoxy) is 3. The molecule has 4 aromatic rings. The van der Waals surface area contributed by atoms with Gasteiger partial charge in [0.15, 0.2) is 11.5 Å². The lowest BCUT2D eigenvalue weighted by Crippen LogP contribution is -2.21. The smallest absolute Gasteiger partial charge is 0.265 e. The predicted molar refractivity (Wildman–Crippen MR) is 155 cm³/mol. The van der Waals surface area contributed by atoms with Gasteiger partial charge in [-0.3, -0.25) is 9.59 Å². The molecule has 1 fully saturated rings. The summed E-state index contributed by atoms with van der Waals surface area (Å²) in [6.45, 7) is 4.78. The van der Waals surface area contributed by atoms with E-state index < -0.39 is 17.6 Å². The molecule has 6 rings (SSSR count). The van der Waals surface area contributed by atoms with Crippen LogP contribution in [0.25, 0.3) is 10.2 Å². The van der Waals surface area contributed by atoms with Crippen LogP contribution in [0.2, 0.25) is 0 Å². The van der Waals surface area contributed by atoms with Gasteiger partial charge >= 0.3 is 0 Å². The highest BCUT2D eigenvalue weighted by atomic mass is 32.1. The van der Waals surface area contributed by atoms with Crippen LogP contribution in [0.4, 0.5) is 15.8 Å². The zero-order valence-electron chi connectivity index (χ0n) is 22.3. The first-order valence-corrected chi connectivity index (χ1v) is 14.4. The van der Waals surface area contributed by atoms with Crippen molar-refractivity contribution in [2.45, 2.75) is 19.3 Å². The van der Waals surface area contributed by atoms with Gasteiger partial charge in [-0.15, -0.1) is 11.3 Å². The summed E-state index contributed by atoms with van der Waals surface area (Å²) in [6, 6.07) is 14.2. The van der Waals surface area contributed by atoms with Crippen molar-refractivity contribution in [1.29, 1.82) is 0 Å². The maximum Gasteiger partial charge on any atom is 0.265 e. The molecule has 2 aromatic heterocycles. The highest BCUT2D eigenvalue weighted by Crippen LogP contribution is 2.31. The molecule has 0 radical (unpaired) electrons. The molecule has 0 spiro atoms. The maximum absolute atomic E-state index is 14.6. The number of anilines is 2. The number of rotatable bonds is 9. The van der Waals surface area contributed by atoms with Crippen molar-refractivity contribution in [3.05, 3.63) is 70.9 Å². The fraction of sp³-hybridized carbons (Fsp3) is 0.300. The maximum atomic E-state index is 14.6. The van der Waals surface area contributed by atoms with Crippen LogP contribution in [0.3, 0.4) is 0 Å². The number of fused-ring (bicyclic) bond motifs is 2. The van der Waals surface area contributed by atoms with E-state index in [4.69, 9.17) is 14.2 Å². The van der Waals surface area contributed by atoms with Crippen molar-refractivity contribution in [1.82, 2.24) is 9.88 Å². The molecule has 2 aromatic carbocycles. The summed E-state index contributed by atoms with van der Waals surface area (Å²) in [5, 5.41) is 6.14. The van der Waals surface area contributed by atoms with Crippen molar-refractivity contribution < 1.29 is 28.2 Å². The zero-order valence-corrected chi connectivity index (χ0v) is 23.1. The average Bonchev–Trinajstić information content (AvgIpc) is 3.67. The van der Waals surface area contributed by atoms with Gasteiger partial charge in [-0.05, 0) is 80.9 Å². The quantitative estimate of drug-likeness (QED) is 0.251. The van der Waals surface area contributed by atoms with E-state index >= 15 is 0 Å². The van der Waals surface area contributed by atoms with Gasteiger partial charge in [0.2, 0.25) is 5.88 Å². The largest absolute Gasteiger partial charge is 0.486 e. The molecule has 0 saturated carbocycles. The molecule has 1 saturated heterocycles. The number of hydrogen-bond acceptors (Lipinski definition) is 8. The first-order valence-electron chi connectivity index (χ1n) is 13.6. The Balaban J connectivity index is 1.08. The molecule has 2 amide bonds. The number of halogens is 1. The molecule has 9 nitrogen and oxygen atoms in total. The third-order valence-corrected chi connectivity index (χ3v) is 7.97. The number of pyridine rings is 1. The molecule has 41 heavy (non-hydrogen) atoms. The molecule has 0 atom stereocenters. The first-order chi connectivity index (χ1) is 20.0. The van der Waals surface area contributed by atoms with Crippen LogP contribution in [0, 0.1) is 5.82 Å². The number of benzene rings is 2. The summed E-state index contributed by atoms with van der Waals surface area (Å²) in [5.74, 6) is 0.0724. The monoisotopic (exact) mass is 576 g/mol. The molecule has 0 bridgehead atoms. The first kappa shape index (κ1) is 27.0. The normalized spacial score (nSPS) is 14.7. The summed E-state index contributed by atoms with van der Waals surface area (Å²) >= 11 is 1.20. The van der Waals surface area contributed by atoms with Crippen molar-refractivity contribution in [3.8, 4) is 17.4 Å². The highest BCUT2D eigenvalue weighted by Gasteiger charge is 2.18. The molecule has 2 aliphatic rings. The molecule has 0 aliphatic carbocycles. The van der Waals surface area contributed by atoms with E-state index in [-0.39, 0.29) is 5.69 Å². The Hall–Kier alpha value is -4.22. The highest BCUT2D eigenvalue weighted by molar-refractivity contribution is 7.20. The van der Waals surface area contributed by atoms with Gasteiger partial charge in [-0.2, -0.15) is 0 Å². The SMILES string of the molecule is O=C(Nc1ccc(F)c(NC(=O)c2cc3ccc(OCCCN4CCCC4)nc3s2)c1)c1ccc2c(c1)OCCO2. The second kappa shape index (κ2) is 12.1. The third-order valence-electron chi connectivity index (χ3n) is 6.93. The topological polar surface area (TPSA) is 102 Å². The van der Waals surface area contributed by atoms with Gasteiger partial charge in [0.05, 0.1) is 17.2 Å². The Morgan fingerprint density at radius 2 is 1.78 bits per heavy atom. The zero-order chi connectivity index (χ0) is 28.2. The molecular weight excluding hydrogens is 547 g/mol. The second-order valence-electron chi connectivity index (χ2n) is 9.87. The van der Waals surface area contributed by atoms with Gasteiger partial charge in [0, 0.05) is 29.2 Å². The van der Waals surface area contributed by atoms with E-state index in [0.29, 0.717) is 58.2 Å². The van der Waals surface area contributed by atoms with Crippen LogP contribution in [-0.2, 0) is 0 Å². The van der Waals surface area contributed by atoms with Crippen LogP contribution in [0.5, 0.6) is 17.4 Å². The number of thiophene rings is 1. The van der Waals surface area contributed by atoms with E-state index in [2.05, 4.69) is 20.5 Å². The number of nitrogens with zero attached hydrogens (tertiary/aromatic N) is 2. The fourth-order valence-corrected chi connectivity index (χ4v) is 5.75. The Kier molecular flexibility index (Phi) is 7.97. The third kappa shape index (κ3) is 6.41. The molecule has 11 heteroatoms. The lowest BCUT2D eigenvalue weighted by molar-refractivity contribution is 0.102. The van der Waals surface area contributed by atoms with Gasteiger partial charge in [-0.25, -0.2) is 9.37 Å². The summed E-state index contributed by atoms with van der Waals surface area (Å²) in [7, 11) is 0. The Morgan fingerprint density at radius 3 is 2.63 bits per heavy atom. The number of aromatic nitrogens is 1. The summed E-state index contributed by atoms with van der Waals surface area (Å²) in [5.41, 5.74) is 0.630. The summed E-state index contributed by atoms with van der Waals surface area (Å²) in [6.07, 6.45) is 3.47. The van der Waals surface area contributed by atoms with Crippen LogP contribution < -0.4 is 24.8 Å². The van der Waals surface area contributed by atoms with E-state index in [1.54, 1.807) is 30.3 Å². The van der Waals surface area contributed by atoms with Gasteiger partial charge < -0.3 is 29.7 Å². The Labute approximate surface area is 240 Å². The van der Waals surface area contributed by atoms with Gasteiger partial charge in [0.1, 0.15) is 23.9 Å². The molecule has 2 aliphatic heterocycles. The van der Waals surface area contributed by atoms with Crippen LogP contribution in [-0.4, -0.2) is 61.2 Å². The molecule has 2 N–H and O–H groups in total. The van der Waals surface area contributed by atoms with Crippen molar-refractivity contribution in [3.63, 3.8) is 0 Å². The van der Waals surface area contributed by atoms with Crippen LogP contribution >= 0.6 is 11.3 Å². The van der Waals surface area contributed by atoms with Crippen LogP contribution in [0.1, 0.15) is 39.3 Å². The van der Waals surface area contributed by atoms with Crippen molar-refractivity contribution in [2.24, 2.45) is 0 Å². The standard InChI is InChI=1S/C30H29FN4O5S/c31-22-7-6-21(32-28(36)19-4-8-24-25(16-19)39-15-14-38-24)18-23(22)33-29(37)26-17-20-5-9-27(34-30(20)41-26)40-13-3-12-35-10-1-2-11-35/h4-9,16-18H,1-3,10-15H2,(H,32,36)(H,33,37). The minimum Gasteiger partial charge on any atom is -0.486 e. The minimum absolute atomic E-state index is 0.0533. The number of likely N-dealkylation sites (tertiary alicyclic amines) is 1. The summed E-state index contributed by atoms with van der Waals surface area (Å²) < 4.78 is 31.5. The van der Waals surface area contributed by atoms with Crippen molar-refractivity contribution in [2.75, 3.05) is 50.1 Å². The lowest BCUT2D eigenvalue weighted by Gasteiger charge is -2.18. The second-order valence-corrected chi connectivity index (χ2v) is 10.9. The van der Waals surface area contributed by atoms with E-state index in [9.17, 15) is 14.0 Å². The predicted octanol–water partition coefficient (Wildman–Crippen LogP) is 5.58. The van der Waals surface area contributed by atoms with Gasteiger partial charge in [-0.1, -0.05) is 0 Å². The fourth-order valence-electron chi connectivity index (χ4n) is 4.83. The molecular formula is C30H29FN4O5S. The number of nitrogens with one attached hydrogen (secondary N) is 2. The van der Waals surface area contributed by atoms with Gasteiger partial charge in [0.25, 0.3) is 11.8 Å². The molecule has 0 unspecified atom stereocenters. The Bertz CT molecular complexity index is 1590. The molecule has 212 valence electrons. The Morgan fingerprint density at radius 1 is 0.951 bits per heavy atom. The number of amides is 2. The van der Waals surface area contributed by atoms with Crippen molar-refractivity contribution >= 4 is 44.7 Å². The lowest BCUT2D eigenvalue weighted by atomic mass is 10.1. The number of hydrogen-bond donors (Lipinski definition) is 2. The molecule has 4 heterocycles. The number of carbonyl (C=O) groups is 2. The van der Waals surface area contributed by atoms with Crippen LogP contribution in [0.15, 0.2) is 54.6 Å². The van der Waals surface area contributed by atoms with E-state index in [0.717, 1.165) is 31.4 Å². The van der Waals surface area contributed by atoms with E-state index in [1.165, 1.54) is 42.4 Å². The summed E-state index contributed by atoms with van der Waals surface area (Å²) in [4.78, 5) is 33.8.